The molecule has 0 N–H and O–H groups in total. The van der Waals surface area contributed by atoms with E-state index in [1.807, 2.05) is 26.8 Å². The molecular formula is C16H21NO4S. The number of benzene rings is 1. The lowest BCUT2D eigenvalue weighted by atomic mass is 10.0. The molecule has 0 bridgehead atoms. The van der Waals surface area contributed by atoms with Crippen LogP contribution in [0.5, 0.6) is 5.75 Å². The Morgan fingerprint density at radius 1 is 1.27 bits per heavy atom. The smallest absolute Gasteiger partial charge is 0.345 e. The monoisotopic (exact) mass is 323 g/mol. The zero-order chi connectivity index (χ0) is 16.5. The molecule has 0 aliphatic carbocycles. The minimum atomic E-state index is -1.30. The van der Waals surface area contributed by atoms with Crippen LogP contribution in [0.4, 0.5) is 0 Å². The van der Waals surface area contributed by atoms with Crippen LogP contribution in [0.15, 0.2) is 22.6 Å². The van der Waals surface area contributed by atoms with Crippen LogP contribution in [0.2, 0.25) is 0 Å². The molecule has 0 spiro atoms. The Hall–Kier alpha value is -1.69. The number of cyclic esters (lactones) is 1. The summed E-state index contributed by atoms with van der Waals surface area (Å²) >= 11 is 0. The third-order valence-electron chi connectivity index (χ3n) is 3.01. The van der Waals surface area contributed by atoms with E-state index in [0.29, 0.717) is 17.7 Å². The predicted octanol–water partition coefficient (Wildman–Crippen LogP) is 3.05. The van der Waals surface area contributed by atoms with Gasteiger partial charge in [-0.05, 0) is 26.8 Å². The first-order valence-corrected chi connectivity index (χ1v) is 8.19. The lowest BCUT2D eigenvalue weighted by Gasteiger charge is -2.32. The summed E-state index contributed by atoms with van der Waals surface area (Å²) in [7, 11) is -1.30. The molecule has 1 aliphatic rings. The van der Waals surface area contributed by atoms with Gasteiger partial charge in [0.2, 0.25) is 5.79 Å². The van der Waals surface area contributed by atoms with Crippen LogP contribution in [-0.2, 0) is 22.1 Å². The van der Waals surface area contributed by atoms with Crippen LogP contribution < -0.4 is 4.74 Å². The van der Waals surface area contributed by atoms with Gasteiger partial charge in [-0.3, -0.25) is 0 Å². The van der Waals surface area contributed by atoms with Crippen LogP contribution in [-0.4, -0.2) is 26.9 Å². The van der Waals surface area contributed by atoms with Gasteiger partial charge >= 0.3 is 5.97 Å². The van der Waals surface area contributed by atoms with E-state index in [1.165, 1.54) is 0 Å². The highest BCUT2D eigenvalue weighted by atomic mass is 32.2. The third-order valence-corrected chi connectivity index (χ3v) is 4.40. The number of carbonyl (C=O) groups is 1. The number of fused-ring (bicyclic) bond motifs is 1. The molecule has 5 nitrogen and oxygen atoms in total. The fraction of sp³-hybridized carbons (Fsp3) is 0.500. The molecule has 1 unspecified atom stereocenters. The Morgan fingerprint density at radius 3 is 2.59 bits per heavy atom. The van der Waals surface area contributed by atoms with Gasteiger partial charge in [0, 0.05) is 32.0 Å². The lowest BCUT2D eigenvalue weighted by molar-refractivity contribution is -0.127. The van der Waals surface area contributed by atoms with Crippen molar-refractivity contribution in [2.24, 2.45) is 4.40 Å². The van der Waals surface area contributed by atoms with Gasteiger partial charge in [-0.2, -0.15) is 4.40 Å². The van der Waals surface area contributed by atoms with Gasteiger partial charge < -0.3 is 9.47 Å². The van der Waals surface area contributed by atoms with Gasteiger partial charge in [-0.1, -0.05) is 12.1 Å². The standard InChI is InChI=1S/C16H21NO4S/c1-15(2,3)22(19)17-10-9-11-7-6-8-12-13(11)20-16(4,5)21-14(12)18/h6-8,10H,9H2,1-5H3. The highest BCUT2D eigenvalue weighted by Gasteiger charge is 2.34. The number of esters is 1. The second kappa shape index (κ2) is 5.83. The molecule has 1 aromatic carbocycles. The summed E-state index contributed by atoms with van der Waals surface area (Å²) in [6, 6.07) is 5.30. The first kappa shape index (κ1) is 16.7. The van der Waals surface area contributed by atoms with Crippen molar-refractivity contribution in [2.45, 2.75) is 51.6 Å². The van der Waals surface area contributed by atoms with Crippen molar-refractivity contribution >= 4 is 23.2 Å². The molecular weight excluding hydrogens is 302 g/mol. The van der Waals surface area contributed by atoms with Gasteiger partial charge in [-0.15, -0.1) is 0 Å². The quantitative estimate of drug-likeness (QED) is 0.633. The molecule has 120 valence electrons. The summed E-state index contributed by atoms with van der Waals surface area (Å²) in [5, 5.41) is 0. The molecule has 22 heavy (non-hydrogen) atoms. The van der Waals surface area contributed by atoms with E-state index in [2.05, 4.69) is 4.40 Å². The first-order chi connectivity index (χ1) is 10.1. The van der Waals surface area contributed by atoms with E-state index in [9.17, 15) is 9.00 Å². The zero-order valence-corrected chi connectivity index (χ0v) is 14.3. The second-order valence-corrected chi connectivity index (χ2v) is 8.47. The second-order valence-electron chi connectivity index (χ2n) is 6.54. The summed E-state index contributed by atoms with van der Waals surface area (Å²) in [6.45, 7) is 8.98. The zero-order valence-electron chi connectivity index (χ0n) is 13.5. The van der Waals surface area contributed by atoms with Crippen LogP contribution in [0.3, 0.4) is 0 Å². The molecule has 2 rings (SSSR count). The number of rotatable bonds is 3. The number of nitrogens with zero attached hydrogens (tertiary/aromatic N) is 1. The number of hydrogen-bond donors (Lipinski definition) is 0. The Kier molecular flexibility index (Phi) is 4.42. The number of para-hydroxylation sites is 1. The van der Waals surface area contributed by atoms with E-state index in [1.54, 1.807) is 32.2 Å². The summed E-state index contributed by atoms with van der Waals surface area (Å²) < 4.78 is 26.5. The van der Waals surface area contributed by atoms with E-state index < -0.39 is 27.5 Å². The van der Waals surface area contributed by atoms with E-state index >= 15 is 0 Å². The van der Waals surface area contributed by atoms with Gasteiger partial charge in [0.1, 0.15) is 22.3 Å². The Balaban J connectivity index is 2.24. The molecule has 0 fully saturated rings. The van der Waals surface area contributed by atoms with Gasteiger partial charge in [-0.25, -0.2) is 9.00 Å². The summed E-state index contributed by atoms with van der Waals surface area (Å²) in [4.78, 5) is 12.0. The number of hydrogen-bond acceptors (Lipinski definition) is 4. The maximum Gasteiger partial charge on any atom is 0.345 e. The molecule has 1 aliphatic heterocycles. The van der Waals surface area contributed by atoms with Crippen LogP contribution in [0.25, 0.3) is 0 Å². The minimum absolute atomic E-state index is 0.394. The summed E-state index contributed by atoms with van der Waals surface area (Å²) in [6.07, 6.45) is 2.04. The largest absolute Gasteiger partial charge is 0.452 e. The maximum atomic E-state index is 12.0. The number of ether oxygens (including phenoxy) is 2. The van der Waals surface area contributed by atoms with Crippen molar-refractivity contribution in [1.29, 1.82) is 0 Å². The summed E-state index contributed by atoms with van der Waals surface area (Å²) in [5.41, 5.74) is 1.22. The Labute approximate surface area is 133 Å². The lowest BCUT2D eigenvalue weighted by Crippen LogP contribution is -2.39. The molecule has 6 heteroatoms. The van der Waals surface area contributed by atoms with Crippen LogP contribution in [0, 0.1) is 0 Å². The van der Waals surface area contributed by atoms with E-state index in [-0.39, 0.29) is 0 Å². The van der Waals surface area contributed by atoms with Gasteiger partial charge in [0.05, 0.1) is 4.75 Å². The maximum absolute atomic E-state index is 12.0. The molecule has 1 atom stereocenters. The minimum Gasteiger partial charge on any atom is -0.452 e. The molecule has 0 saturated carbocycles. The SMILES string of the molecule is CC1(C)OC(=O)c2cccc(CC=NS(=O)C(C)(C)C)c2O1. The van der Waals surface area contributed by atoms with Gasteiger partial charge in [0.25, 0.3) is 0 Å². The first-order valence-electron chi connectivity index (χ1n) is 7.09. The fourth-order valence-electron chi connectivity index (χ4n) is 1.93. The van der Waals surface area contributed by atoms with Gasteiger partial charge in [0.15, 0.2) is 0 Å². The highest BCUT2D eigenvalue weighted by molar-refractivity contribution is 7.85. The topological polar surface area (TPSA) is 65.0 Å². The van der Waals surface area contributed by atoms with Crippen molar-refractivity contribution in [3.63, 3.8) is 0 Å². The normalized spacial score (nSPS) is 18.5. The fourth-order valence-corrected chi connectivity index (χ4v) is 2.46. The Morgan fingerprint density at radius 2 is 1.95 bits per heavy atom. The van der Waals surface area contributed by atoms with Crippen LogP contribution >= 0.6 is 0 Å². The Bertz CT molecular complexity index is 644. The molecule has 0 saturated heterocycles. The molecule has 0 radical (unpaired) electrons. The van der Waals surface area contributed by atoms with Crippen LogP contribution in [0.1, 0.15) is 50.5 Å². The predicted molar refractivity (Wildman–Crippen MR) is 86.7 cm³/mol. The third kappa shape index (κ3) is 3.74. The molecule has 1 aromatic rings. The van der Waals surface area contributed by atoms with E-state index in [0.717, 1.165) is 5.56 Å². The highest BCUT2D eigenvalue weighted by Crippen LogP contribution is 2.34. The van der Waals surface area contributed by atoms with Crippen molar-refractivity contribution in [1.82, 2.24) is 0 Å². The molecule has 0 amide bonds. The average molecular weight is 323 g/mol. The van der Waals surface area contributed by atoms with Crippen molar-refractivity contribution in [3.05, 3.63) is 29.3 Å². The number of carbonyl (C=O) groups excluding carboxylic acids is 1. The summed E-state index contributed by atoms with van der Waals surface area (Å²) in [5.74, 6) is -0.883. The van der Waals surface area contributed by atoms with Crippen molar-refractivity contribution in [3.8, 4) is 5.75 Å². The average Bonchev–Trinajstić information content (AvgIpc) is 2.37. The van der Waals surface area contributed by atoms with Crippen molar-refractivity contribution < 1.29 is 18.5 Å². The molecule has 1 heterocycles. The van der Waals surface area contributed by atoms with E-state index in [4.69, 9.17) is 9.47 Å². The molecule has 0 aromatic heterocycles. The van der Waals surface area contributed by atoms with Crippen molar-refractivity contribution in [2.75, 3.05) is 0 Å².